The van der Waals surface area contributed by atoms with E-state index in [1.165, 1.54) is 13.0 Å². The third-order valence-corrected chi connectivity index (χ3v) is 2.58. The number of hydrogen-bond acceptors (Lipinski definition) is 2. The second-order valence-corrected chi connectivity index (χ2v) is 4.21. The van der Waals surface area contributed by atoms with Crippen LogP contribution in [0.5, 0.6) is 17.2 Å². The first kappa shape index (κ1) is 14.2. The van der Waals surface area contributed by atoms with Crippen molar-refractivity contribution in [1.82, 2.24) is 0 Å². The highest BCUT2D eigenvalue weighted by atomic mass is 19.4. The number of rotatable bonds is 2. The largest absolute Gasteiger partial charge is 0.504 e. The highest BCUT2D eigenvalue weighted by Crippen LogP contribution is 2.40. The normalized spacial score (nSPS) is 11.4. The van der Waals surface area contributed by atoms with Crippen molar-refractivity contribution in [2.24, 2.45) is 0 Å². The van der Waals surface area contributed by atoms with Crippen molar-refractivity contribution in [1.29, 1.82) is 0 Å². The van der Waals surface area contributed by atoms with Crippen molar-refractivity contribution in [2.45, 2.75) is 13.1 Å². The molecule has 0 spiro atoms. The summed E-state index contributed by atoms with van der Waals surface area (Å²) in [4.78, 5) is 0. The number of aryl methyl sites for hydroxylation is 1. The SMILES string of the molecule is Cc1ccc(Oc2ccc(F)cc2O)c(C(F)(F)F)c1. The van der Waals surface area contributed by atoms with E-state index >= 15 is 0 Å². The van der Waals surface area contributed by atoms with E-state index in [-0.39, 0.29) is 5.75 Å². The number of ether oxygens (including phenoxy) is 1. The second-order valence-electron chi connectivity index (χ2n) is 4.21. The lowest BCUT2D eigenvalue weighted by atomic mass is 10.1. The first-order chi connectivity index (χ1) is 9.27. The van der Waals surface area contributed by atoms with Gasteiger partial charge in [-0.25, -0.2) is 4.39 Å². The number of aromatic hydroxyl groups is 1. The molecule has 2 rings (SSSR count). The van der Waals surface area contributed by atoms with Crippen molar-refractivity contribution < 1.29 is 27.4 Å². The molecule has 0 atom stereocenters. The topological polar surface area (TPSA) is 29.5 Å². The summed E-state index contributed by atoms with van der Waals surface area (Å²) in [6.45, 7) is 1.52. The fourth-order valence-corrected chi connectivity index (χ4v) is 1.65. The molecule has 0 amide bonds. The summed E-state index contributed by atoms with van der Waals surface area (Å²) in [5.74, 6) is -1.99. The maximum absolute atomic E-state index is 12.9. The van der Waals surface area contributed by atoms with E-state index in [0.29, 0.717) is 5.56 Å². The Hall–Kier alpha value is -2.24. The van der Waals surface area contributed by atoms with Crippen LogP contribution in [0.2, 0.25) is 0 Å². The van der Waals surface area contributed by atoms with E-state index < -0.39 is 29.1 Å². The van der Waals surface area contributed by atoms with Gasteiger partial charge < -0.3 is 9.84 Å². The maximum Gasteiger partial charge on any atom is 0.419 e. The molecular weight excluding hydrogens is 276 g/mol. The minimum Gasteiger partial charge on any atom is -0.504 e. The zero-order valence-electron chi connectivity index (χ0n) is 10.3. The Morgan fingerprint density at radius 3 is 2.25 bits per heavy atom. The van der Waals surface area contributed by atoms with E-state index in [9.17, 15) is 22.7 Å². The standard InChI is InChI=1S/C14H10F4O2/c1-8-2-4-12(10(6-8)14(16,17)18)20-13-5-3-9(15)7-11(13)19/h2-7,19H,1H3. The fourth-order valence-electron chi connectivity index (χ4n) is 1.65. The van der Waals surface area contributed by atoms with E-state index in [1.807, 2.05) is 0 Å². The molecule has 0 unspecified atom stereocenters. The summed E-state index contributed by atoms with van der Waals surface area (Å²) in [6.07, 6.45) is -4.59. The molecule has 0 aliphatic heterocycles. The smallest absolute Gasteiger partial charge is 0.419 e. The Labute approximate surface area is 112 Å². The predicted octanol–water partition coefficient (Wildman–Crippen LogP) is 4.65. The Morgan fingerprint density at radius 1 is 1.00 bits per heavy atom. The quantitative estimate of drug-likeness (QED) is 0.814. The van der Waals surface area contributed by atoms with Crippen LogP contribution >= 0.6 is 0 Å². The maximum atomic E-state index is 12.9. The van der Waals surface area contributed by atoms with Crippen molar-refractivity contribution in [3.05, 3.63) is 53.3 Å². The van der Waals surface area contributed by atoms with Crippen LogP contribution in [0.4, 0.5) is 17.6 Å². The average molecular weight is 286 g/mol. The summed E-state index contributed by atoms with van der Waals surface area (Å²) in [7, 11) is 0. The molecule has 2 aromatic rings. The zero-order valence-corrected chi connectivity index (χ0v) is 10.3. The van der Waals surface area contributed by atoms with Crippen LogP contribution in [0.25, 0.3) is 0 Å². The van der Waals surface area contributed by atoms with Crippen LogP contribution in [0.1, 0.15) is 11.1 Å². The van der Waals surface area contributed by atoms with Crippen LogP contribution in [0.3, 0.4) is 0 Å². The predicted molar refractivity (Wildman–Crippen MR) is 64.3 cm³/mol. The molecule has 6 heteroatoms. The van der Waals surface area contributed by atoms with Crippen molar-refractivity contribution in [2.75, 3.05) is 0 Å². The van der Waals surface area contributed by atoms with Crippen LogP contribution in [-0.2, 0) is 6.18 Å². The molecule has 2 nitrogen and oxygen atoms in total. The molecule has 0 saturated heterocycles. The van der Waals surface area contributed by atoms with Crippen molar-refractivity contribution in [3.8, 4) is 17.2 Å². The molecule has 106 valence electrons. The minimum absolute atomic E-state index is 0.249. The average Bonchev–Trinajstić information content (AvgIpc) is 2.33. The molecule has 1 N–H and O–H groups in total. The third kappa shape index (κ3) is 3.01. The van der Waals surface area contributed by atoms with Gasteiger partial charge in [0.25, 0.3) is 0 Å². The molecule has 0 aliphatic rings. The van der Waals surface area contributed by atoms with Gasteiger partial charge in [-0.3, -0.25) is 0 Å². The number of alkyl halides is 3. The number of phenolic OH excluding ortho intramolecular Hbond substituents is 1. The number of phenols is 1. The second kappa shape index (κ2) is 5.03. The lowest BCUT2D eigenvalue weighted by molar-refractivity contribution is -0.138. The van der Waals surface area contributed by atoms with Gasteiger partial charge in [0.15, 0.2) is 11.5 Å². The Bertz CT molecular complexity index is 636. The first-order valence-electron chi connectivity index (χ1n) is 5.61. The third-order valence-electron chi connectivity index (χ3n) is 2.58. The summed E-state index contributed by atoms with van der Waals surface area (Å²) in [5.41, 5.74) is -0.533. The molecule has 2 aromatic carbocycles. The van der Waals surface area contributed by atoms with E-state index in [0.717, 1.165) is 30.3 Å². The van der Waals surface area contributed by atoms with Gasteiger partial charge >= 0.3 is 6.18 Å². The molecule has 0 bridgehead atoms. The highest BCUT2D eigenvalue weighted by molar-refractivity contribution is 5.46. The molecule has 0 saturated carbocycles. The number of benzene rings is 2. The Balaban J connectivity index is 2.43. The molecular formula is C14H10F4O2. The Morgan fingerprint density at radius 2 is 1.65 bits per heavy atom. The van der Waals surface area contributed by atoms with Gasteiger partial charge in [0, 0.05) is 6.07 Å². The van der Waals surface area contributed by atoms with E-state index in [2.05, 4.69) is 0 Å². The number of halogens is 4. The Kier molecular flexibility index (Phi) is 3.57. The molecule has 0 aromatic heterocycles. The minimum atomic E-state index is -4.59. The van der Waals surface area contributed by atoms with Gasteiger partial charge in [-0.15, -0.1) is 0 Å². The van der Waals surface area contributed by atoms with Crippen LogP contribution in [-0.4, -0.2) is 5.11 Å². The monoisotopic (exact) mass is 286 g/mol. The lowest BCUT2D eigenvalue weighted by Crippen LogP contribution is -2.07. The molecule has 0 aliphatic carbocycles. The van der Waals surface area contributed by atoms with Crippen molar-refractivity contribution in [3.63, 3.8) is 0 Å². The summed E-state index contributed by atoms with van der Waals surface area (Å²) in [5, 5.41) is 9.45. The summed E-state index contributed by atoms with van der Waals surface area (Å²) < 4.78 is 56.5. The van der Waals surface area contributed by atoms with Gasteiger partial charge in [0.1, 0.15) is 11.6 Å². The molecule has 0 radical (unpaired) electrons. The highest BCUT2D eigenvalue weighted by Gasteiger charge is 2.34. The van der Waals surface area contributed by atoms with E-state index in [1.54, 1.807) is 0 Å². The lowest BCUT2D eigenvalue weighted by Gasteiger charge is -2.15. The van der Waals surface area contributed by atoms with Crippen LogP contribution in [0, 0.1) is 12.7 Å². The van der Waals surface area contributed by atoms with Crippen molar-refractivity contribution >= 4 is 0 Å². The van der Waals surface area contributed by atoms with Gasteiger partial charge in [-0.1, -0.05) is 11.6 Å². The van der Waals surface area contributed by atoms with Gasteiger partial charge in [0.05, 0.1) is 5.56 Å². The molecule has 0 fully saturated rings. The van der Waals surface area contributed by atoms with Gasteiger partial charge in [-0.05, 0) is 31.2 Å². The van der Waals surface area contributed by atoms with Crippen LogP contribution < -0.4 is 4.74 Å². The van der Waals surface area contributed by atoms with Gasteiger partial charge in [-0.2, -0.15) is 13.2 Å². The van der Waals surface area contributed by atoms with Crippen LogP contribution in [0.15, 0.2) is 36.4 Å². The van der Waals surface area contributed by atoms with E-state index in [4.69, 9.17) is 4.74 Å². The summed E-state index contributed by atoms with van der Waals surface area (Å²) >= 11 is 0. The van der Waals surface area contributed by atoms with Gasteiger partial charge in [0.2, 0.25) is 0 Å². The fraction of sp³-hybridized carbons (Fsp3) is 0.143. The molecule has 0 heterocycles. The summed E-state index contributed by atoms with van der Waals surface area (Å²) in [6, 6.07) is 6.35. The first-order valence-corrected chi connectivity index (χ1v) is 5.61. The zero-order chi connectivity index (χ0) is 14.9. The number of hydrogen-bond donors (Lipinski definition) is 1. The molecule has 20 heavy (non-hydrogen) atoms.